The molecule has 1 aliphatic rings. The van der Waals surface area contributed by atoms with Crippen LogP contribution < -0.4 is 10.6 Å². The van der Waals surface area contributed by atoms with Gasteiger partial charge in [-0.1, -0.05) is 18.2 Å². The highest BCUT2D eigenvalue weighted by atomic mass is 19.4. The fraction of sp³-hybridized carbons (Fsp3) is 0.346. The minimum atomic E-state index is -4.61. The summed E-state index contributed by atoms with van der Waals surface area (Å²) >= 11 is 0. The van der Waals surface area contributed by atoms with Gasteiger partial charge < -0.3 is 15.6 Å². The minimum absolute atomic E-state index is 0.0568. The Kier molecular flexibility index (Phi) is 6.74. The number of H-pyrrole nitrogens is 1. The van der Waals surface area contributed by atoms with E-state index in [0.29, 0.717) is 29.6 Å². The van der Waals surface area contributed by atoms with Crippen molar-refractivity contribution >= 4 is 22.5 Å². The van der Waals surface area contributed by atoms with Crippen molar-refractivity contribution in [3.8, 4) is 11.3 Å². The van der Waals surface area contributed by atoms with Crippen LogP contribution in [0.2, 0.25) is 0 Å². The number of hydrogen-bond acceptors (Lipinski definition) is 7. The largest absolute Gasteiger partial charge is 0.419 e. The SMILES string of the molecule is C[C@]1(NCc2ccc([N+](=O)[O-])cn2)CCC[C@@H](Nc2ncc(C(F)(F)F)c(-c3c[nH]c4ccccc34)n2)C1. The Morgan fingerprint density at radius 1 is 1.18 bits per heavy atom. The zero-order valence-corrected chi connectivity index (χ0v) is 20.5. The van der Waals surface area contributed by atoms with Gasteiger partial charge in [-0.05, 0) is 44.7 Å². The van der Waals surface area contributed by atoms with E-state index >= 15 is 0 Å². The summed E-state index contributed by atoms with van der Waals surface area (Å²) in [6.45, 7) is 2.51. The molecule has 0 unspecified atom stereocenters. The molecule has 1 fully saturated rings. The molecule has 3 heterocycles. The van der Waals surface area contributed by atoms with Gasteiger partial charge in [0.25, 0.3) is 5.69 Å². The maximum absolute atomic E-state index is 13.9. The Bertz CT molecular complexity index is 1460. The van der Waals surface area contributed by atoms with Crippen LogP contribution in [-0.2, 0) is 12.7 Å². The van der Waals surface area contributed by atoms with Crippen LogP contribution in [0.5, 0.6) is 0 Å². The van der Waals surface area contributed by atoms with E-state index in [1.54, 1.807) is 30.5 Å². The van der Waals surface area contributed by atoms with Gasteiger partial charge >= 0.3 is 6.18 Å². The molecule has 9 nitrogen and oxygen atoms in total. The van der Waals surface area contributed by atoms with Crippen LogP contribution in [-0.4, -0.2) is 36.4 Å². The number of nitrogens with zero attached hydrogens (tertiary/aromatic N) is 4. The van der Waals surface area contributed by atoms with Crippen molar-refractivity contribution in [2.24, 2.45) is 0 Å². The molecule has 0 saturated heterocycles. The quantitative estimate of drug-likeness (QED) is 0.204. The van der Waals surface area contributed by atoms with Gasteiger partial charge in [-0.25, -0.2) is 9.97 Å². The Morgan fingerprint density at radius 3 is 2.74 bits per heavy atom. The lowest BCUT2D eigenvalue weighted by atomic mass is 9.80. The summed E-state index contributed by atoms with van der Waals surface area (Å²) in [7, 11) is 0. The first-order valence-electron chi connectivity index (χ1n) is 12.2. The van der Waals surface area contributed by atoms with Crippen molar-refractivity contribution < 1.29 is 18.1 Å². The van der Waals surface area contributed by atoms with Gasteiger partial charge in [0.2, 0.25) is 5.95 Å². The molecule has 0 spiro atoms. The van der Waals surface area contributed by atoms with Crippen molar-refractivity contribution in [1.29, 1.82) is 0 Å². The van der Waals surface area contributed by atoms with E-state index in [9.17, 15) is 23.3 Å². The van der Waals surface area contributed by atoms with Crippen LogP contribution in [0.25, 0.3) is 22.2 Å². The van der Waals surface area contributed by atoms with Gasteiger partial charge in [-0.3, -0.25) is 15.1 Å². The molecule has 12 heteroatoms. The first-order valence-corrected chi connectivity index (χ1v) is 12.2. The second-order valence-electron chi connectivity index (χ2n) is 9.82. The van der Waals surface area contributed by atoms with Crippen molar-refractivity contribution in [2.45, 2.75) is 56.9 Å². The fourth-order valence-corrected chi connectivity index (χ4v) is 5.02. The summed E-state index contributed by atoms with van der Waals surface area (Å²) in [5, 5.41) is 18.2. The molecular weight excluding hydrogens is 499 g/mol. The van der Waals surface area contributed by atoms with Crippen LogP contribution in [0.4, 0.5) is 24.8 Å². The fourth-order valence-electron chi connectivity index (χ4n) is 5.02. The predicted molar refractivity (Wildman–Crippen MR) is 136 cm³/mol. The van der Waals surface area contributed by atoms with Crippen LogP contribution in [0.1, 0.15) is 43.9 Å². The number of nitro groups is 1. The monoisotopic (exact) mass is 525 g/mol. The molecule has 1 saturated carbocycles. The number of aromatic amines is 1. The molecule has 4 aromatic rings. The predicted octanol–water partition coefficient (Wildman–Crippen LogP) is 5.85. The zero-order valence-electron chi connectivity index (χ0n) is 20.5. The van der Waals surface area contributed by atoms with E-state index in [1.165, 1.54) is 12.3 Å². The lowest BCUT2D eigenvalue weighted by Crippen LogP contribution is -2.48. The van der Waals surface area contributed by atoms with E-state index in [1.807, 2.05) is 6.07 Å². The Morgan fingerprint density at radius 2 is 2.00 bits per heavy atom. The van der Waals surface area contributed by atoms with Gasteiger partial charge in [-0.15, -0.1) is 0 Å². The number of alkyl halides is 3. The molecule has 2 atom stereocenters. The smallest absolute Gasteiger partial charge is 0.360 e. The molecule has 38 heavy (non-hydrogen) atoms. The van der Waals surface area contributed by atoms with Crippen molar-refractivity contribution in [3.05, 3.63) is 76.4 Å². The summed E-state index contributed by atoms with van der Waals surface area (Å²) in [5.41, 5.74) is 0.369. The molecule has 1 aliphatic carbocycles. The molecule has 0 aliphatic heterocycles. The molecular formula is C26H26F3N7O2. The van der Waals surface area contributed by atoms with Gasteiger partial charge in [0, 0.05) is 53.1 Å². The molecule has 3 N–H and O–H groups in total. The number of aromatic nitrogens is 4. The van der Waals surface area contributed by atoms with Gasteiger partial charge in [-0.2, -0.15) is 13.2 Å². The highest BCUT2D eigenvalue weighted by molar-refractivity contribution is 5.95. The second-order valence-corrected chi connectivity index (χ2v) is 9.82. The topological polar surface area (TPSA) is 122 Å². The van der Waals surface area contributed by atoms with Crippen LogP contribution >= 0.6 is 0 Å². The third-order valence-electron chi connectivity index (χ3n) is 6.97. The Labute approximate surface area is 216 Å². The van der Waals surface area contributed by atoms with Crippen molar-refractivity contribution in [2.75, 3.05) is 5.32 Å². The lowest BCUT2D eigenvalue weighted by Gasteiger charge is -2.39. The number of pyridine rings is 1. The Hall–Kier alpha value is -4.06. The molecule has 198 valence electrons. The standard InChI is InChI=1S/C26H26F3N7O2/c1-25(33-12-17-8-9-18(13-30-17)36(37)38)10-4-5-16(11-25)34-24-32-15-21(26(27,28)29)23(35-24)20-14-31-22-7-3-2-6-19(20)22/h2-3,6-9,13-16,31,33H,4-5,10-12H2,1H3,(H,32,34,35)/t16-,25+/m1/s1. The maximum Gasteiger partial charge on any atom is 0.419 e. The van der Waals surface area contributed by atoms with E-state index < -0.39 is 16.7 Å². The normalized spacial score (nSPS) is 19.9. The number of hydrogen-bond donors (Lipinski definition) is 3. The molecule has 3 aromatic heterocycles. The van der Waals surface area contributed by atoms with E-state index in [-0.39, 0.29) is 28.9 Å². The third-order valence-corrected chi connectivity index (χ3v) is 6.97. The van der Waals surface area contributed by atoms with Gasteiger partial charge in [0.15, 0.2) is 0 Å². The molecule has 0 amide bonds. The lowest BCUT2D eigenvalue weighted by molar-refractivity contribution is -0.385. The van der Waals surface area contributed by atoms with Crippen molar-refractivity contribution in [3.63, 3.8) is 0 Å². The number of anilines is 1. The number of fused-ring (bicyclic) bond motifs is 1. The van der Waals surface area contributed by atoms with Crippen LogP contribution in [0.3, 0.4) is 0 Å². The molecule has 0 bridgehead atoms. The van der Waals surface area contributed by atoms with E-state index in [4.69, 9.17) is 0 Å². The van der Waals surface area contributed by atoms with Crippen LogP contribution in [0, 0.1) is 10.1 Å². The van der Waals surface area contributed by atoms with E-state index in [0.717, 1.165) is 31.0 Å². The third kappa shape index (κ3) is 5.44. The molecule has 1 aromatic carbocycles. The minimum Gasteiger partial charge on any atom is -0.360 e. The van der Waals surface area contributed by atoms with Crippen molar-refractivity contribution in [1.82, 2.24) is 25.3 Å². The number of para-hydroxylation sites is 1. The Balaban J connectivity index is 1.33. The molecule has 0 radical (unpaired) electrons. The zero-order chi connectivity index (χ0) is 26.9. The summed E-state index contributed by atoms with van der Waals surface area (Å²) in [5.74, 6) is 0.143. The average Bonchev–Trinajstić information content (AvgIpc) is 3.31. The number of nitrogens with one attached hydrogen (secondary N) is 3. The van der Waals surface area contributed by atoms with Gasteiger partial charge in [0.1, 0.15) is 11.8 Å². The summed E-state index contributed by atoms with van der Waals surface area (Å²) < 4.78 is 41.6. The number of rotatable bonds is 7. The summed E-state index contributed by atoms with van der Waals surface area (Å²) in [6, 6.07) is 10.1. The van der Waals surface area contributed by atoms with E-state index in [2.05, 4.69) is 37.5 Å². The number of benzene rings is 1. The first-order chi connectivity index (χ1) is 18.1. The van der Waals surface area contributed by atoms with Crippen LogP contribution in [0.15, 0.2) is 55.0 Å². The summed E-state index contributed by atoms with van der Waals surface area (Å²) in [6.07, 6.45) is 2.31. The first kappa shape index (κ1) is 25.6. The molecule has 5 rings (SSSR count). The maximum atomic E-state index is 13.9. The number of halogens is 3. The average molecular weight is 526 g/mol. The highest BCUT2D eigenvalue weighted by Gasteiger charge is 2.37. The highest BCUT2D eigenvalue weighted by Crippen LogP contribution is 2.39. The second kappa shape index (κ2) is 10.0. The summed E-state index contributed by atoms with van der Waals surface area (Å²) in [4.78, 5) is 25.9. The van der Waals surface area contributed by atoms with Gasteiger partial charge in [0.05, 0.1) is 16.3 Å².